The zero-order valence-electron chi connectivity index (χ0n) is 23.9. The van der Waals surface area contributed by atoms with Crippen molar-refractivity contribution in [2.24, 2.45) is 5.73 Å². The normalized spacial score (nSPS) is 15.9. The van der Waals surface area contributed by atoms with Crippen LogP contribution in [0.25, 0.3) is 11.0 Å². The van der Waals surface area contributed by atoms with E-state index in [1.807, 2.05) is 41.3 Å². The van der Waals surface area contributed by atoms with Gasteiger partial charge in [-0.3, -0.25) is 9.59 Å². The first kappa shape index (κ1) is 29.2. The van der Waals surface area contributed by atoms with Crippen molar-refractivity contribution in [1.82, 2.24) is 24.8 Å². The Morgan fingerprint density at radius 3 is 2.74 bits per heavy atom. The molecule has 1 aliphatic heterocycles. The van der Waals surface area contributed by atoms with Gasteiger partial charge in [-0.25, -0.2) is 9.97 Å². The summed E-state index contributed by atoms with van der Waals surface area (Å²) in [6.45, 7) is 2.93. The zero-order chi connectivity index (χ0) is 29.3. The first-order valence-corrected chi connectivity index (χ1v) is 14.5. The van der Waals surface area contributed by atoms with Crippen LogP contribution in [0.2, 0.25) is 0 Å². The van der Waals surface area contributed by atoms with Crippen molar-refractivity contribution < 1.29 is 19.1 Å². The average molecular weight is 571 g/mol. The summed E-state index contributed by atoms with van der Waals surface area (Å²) >= 11 is 0. The van der Waals surface area contributed by atoms with Gasteiger partial charge in [0.15, 0.2) is 0 Å². The molecule has 0 aliphatic carbocycles. The number of piperidine rings is 1. The van der Waals surface area contributed by atoms with E-state index in [2.05, 4.69) is 20.9 Å². The van der Waals surface area contributed by atoms with E-state index in [0.29, 0.717) is 31.0 Å². The standard InChI is InChI=1S/C32H38N6O4/c1-41-19-9-18-38-28-15-6-5-14-27(28)36-30(38)23-10-8-17-37(22-23)29(39)20-24(33)21-35-31(40)26-13-7-16-34-32(26)42-25-11-3-2-4-12-25/h2-7,11-16,23-24H,8-10,17-22,33H2,1H3,(H,35,40). The number of pyridine rings is 1. The van der Waals surface area contributed by atoms with Crippen LogP contribution >= 0.6 is 0 Å². The van der Waals surface area contributed by atoms with Gasteiger partial charge in [-0.15, -0.1) is 0 Å². The topological polar surface area (TPSA) is 125 Å². The van der Waals surface area contributed by atoms with Crippen LogP contribution in [0.15, 0.2) is 72.9 Å². The highest BCUT2D eigenvalue weighted by atomic mass is 16.5. The van der Waals surface area contributed by atoms with E-state index in [-0.39, 0.29) is 36.6 Å². The number of carbonyl (C=O) groups excluding carboxylic acids is 2. The van der Waals surface area contributed by atoms with Crippen LogP contribution in [-0.4, -0.2) is 70.6 Å². The van der Waals surface area contributed by atoms with Crippen molar-refractivity contribution in [2.75, 3.05) is 33.4 Å². The maximum Gasteiger partial charge on any atom is 0.256 e. The first-order chi connectivity index (χ1) is 20.5. The van der Waals surface area contributed by atoms with Gasteiger partial charge in [0.1, 0.15) is 17.1 Å². The molecule has 0 bridgehead atoms. The predicted octanol–water partition coefficient (Wildman–Crippen LogP) is 4.11. The van der Waals surface area contributed by atoms with Crippen molar-refractivity contribution in [1.29, 1.82) is 0 Å². The number of rotatable bonds is 12. The lowest BCUT2D eigenvalue weighted by molar-refractivity contribution is -0.132. The summed E-state index contributed by atoms with van der Waals surface area (Å²) < 4.78 is 13.4. The number of carbonyl (C=O) groups is 2. The summed E-state index contributed by atoms with van der Waals surface area (Å²) in [4.78, 5) is 37.3. The number of likely N-dealkylation sites (tertiary alicyclic amines) is 1. The molecule has 2 unspecified atom stereocenters. The first-order valence-electron chi connectivity index (χ1n) is 14.5. The van der Waals surface area contributed by atoms with Crippen molar-refractivity contribution in [3.8, 4) is 11.6 Å². The van der Waals surface area contributed by atoms with Crippen LogP contribution < -0.4 is 15.8 Å². The second-order valence-corrected chi connectivity index (χ2v) is 10.6. The van der Waals surface area contributed by atoms with E-state index in [1.165, 1.54) is 0 Å². The van der Waals surface area contributed by atoms with Gasteiger partial charge in [-0.1, -0.05) is 30.3 Å². The van der Waals surface area contributed by atoms with Gasteiger partial charge >= 0.3 is 0 Å². The third-order valence-corrected chi connectivity index (χ3v) is 7.49. The van der Waals surface area contributed by atoms with Crippen molar-refractivity contribution >= 4 is 22.8 Å². The lowest BCUT2D eigenvalue weighted by Gasteiger charge is -2.33. The number of hydrogen-bond acceptors (Lipinski definition) is 7. The molecule has 2 atom stereocenters. The van der Waals surface area contributed by atoms with E-state index in [9.17, 15) is 9.59 Å². The molecular formula is C32H38N6O4. The fraction of sp³-hybridized carbons (Fsp3) is 0.375. The summed E-state index contributed by atoms with van der Waals surface area (Å²) in [6.07, 6.45) is 4.46. The van der Waals surface area contributed by atoms with Crippen molar-refractivity contribution in [2.45, 2.75) is 44.2 Å². The summed E-state index contributed by atoms with van der Waals surface area (Å²) in [5, 5.41) is 2.84. The number of amides is 2. The molecule has 0 radical (unpaired) electrons. The number of fused-ring (bicyclic) bond motifs is 1. The smallest absolute Gasteiger partial charge is 0.256 e. The SMILES string of the molecule is COCCCn1c(C2CCCN(C(=O)CC(N)CNC(=O)c3cccnc3Oc3ccccc3)C2)nc2ccccc21. The molecular weight excluding hydrogens is 532 g/mol. The molecule has 3 heterocycles. The van der Waals surface area contributed by atoms with Crippen LogP contribution in [0.3, 0.4) is 0 Å². The van der Waals surface area contributed by atoms with Crippen LogP contribution in [-0.2, 0) is 16.1 Å². The maximum atomic E-state index is 13.3. The number of hydrogen-bond donors (Lipinski definition) is 2. The van der Waals surface area contributed by atoms with Crippen LogP contribution in [0.4, 0.5) is 0 Å². The van der Waals surface area contributed by atoms with E-state index >= 15 is 0 Å². The molecule has 220 valence electrons. The molecule has 0 spiro atoms. The Morgan fingerprint density at radius 1 is 1.10 bits per heavy atom. The van der Waals surface area contributed by atoms with Gasteiger partial charge in [0, 0.05) is 64.5 Å². The van der Waals surface area contributed by atoms with Gasteiger partial charge in [-0.05, 0) is 55.7 Å². The number of nitrogens with one attached hydrogen (secondary N) is 1. The Morgan fingerprint density at radius 2 is 1.90 bits per heavy atom. The Kier molecular flexibility index (Phi) is 9.78. The highest BCUT2D eigenvalue weighted by molar-refractivity contribution is 5.96. The summed E-state index contributed by atoms with van der Waals surface area (Å²) in [6, 6.07) is 20.1. The number of imidazole rings is 1. The number of methoxy groups -OCH3 is 1. The van der Waals surface area contributed by atoms with Crippen LogP contribution in [0.1, 0.15) is 47.8 Å². The number of benzene rings is 2. The Hall–Kier alpha value is -4.28. The molecule has 2 aromatic carbocycles. The largest absolute Gasteiger partial charge is 0.438 e. The van der Waals surface area contributed by atoms with Gasteiger partial charge < -0.3 is 30.0 Å². The highest BCUT2D eigenvalue weighted by Gasteiger charge is 2.29. The van der Waals surface area contributed by atoms with Crippen molar-refractivity contribution in [3.05, 3.63) is 84.3 Å². The van der Waals surface area contributed by atoms with Gasteiger partial charge in [0.25, 0.3) is 5.91 Å². The number of aryl methyl sites for hydroxylation is 1. The maximum absolute atomic E-state index is 13.3. The second-order valence-electron chi connectivity index (χ2n) is 10.6. The molecule has 10 heteroatoms. The Bertz CT molecular complexity index is 1490. The average Bonchev–Trinajstić information content (AvgIpc) is 3.39. The van der Waals surface area contributed by atoms with Crippen molar-refractivity contribution in [3.63, 3.8) is 0 Å². The number of nitrogens with two attached hydrogens (primary N) is 1. The molecule has 3 N–H and O–H groups in total. The minimum Gasteiger partial charge on any atom is -0.438 e. The molecule has 2 aromatic heterocycles. The molecule has 10 nitrogen and oxygen atoms in total. The molecule has 1 aliphatic rings. The molecule has 5 rings (SSSR count). The zero-order valence-corrected chi connectivity index (χ0v) is 23.9. The Labute approximate surface area is 245 Å². The molecule has 42 heavy (non-hydrogen) atoms. The third kappa shape index (κ3) is 7.13. The monoisotopic (exact) mass is 570 g/mol. The predicted molar refractivity (Wildman–Crippen MR) is 160 cm³/mol. The second kappa shape index (κ2) is 14.1. The molecule has 4 aromatic rings. The molecule has 0 saturated carbocycles. The number of para-hydroxylation sites is 3. The number of nitrogens with zero attached hydrogens (tertiary/aromatic N) is 4. The van der Waals surface area contributed by atoms with Gasteiger partial charge in [0.05, 0.1) is 11.0 Å². The van der Waals surface area contributed by atoms with Gasteiger partial charge in [-0.2, -0.15) is 0 Å². The summed E-state index contributed by atoms with van der Waals surface area (Å²) in [7, 11) is 1.71. The van der Waals surface area contributed by atoms with Gasteiger partial charge in [0.2, 0.25) is 11.8 Å². The van der Waals surface area contributed by atoms with Crippen LogP contribution in [0.5, 0.6) is 11.6 Å². The van der Waals surface area contributed by atoms with E-state index in [4.69, 9.17) is 20.2 Å². The van der Waals surface area contributed by atoms with E-state index in [1.54, 1.807) is 37.6 Å². The number of aromatic nitrogens is 3. The minimum atomic E-state index is -0.532. The molecule has 1 saturated heterocycles. The van der Waals surface area contributed by atoms with E-state index < -0.39 is 6.04 Å². The summed E-state index contributed by atoms with van der Waals surface area (Å²) in [5.41, 5.74) is 8.70. The minimum absolute atomic E-state index is 0.0158. The third-order valence-electron chi connectivity index (χ3n) is 7.49. The van der Waals surface area contributed by atoms with E-state index in [0.717, 1.165) is 42.7 Å². The fourth-order valence-corrected chi connectivity index (χ4v) is 5.41. The highest BCUT2D eigenvalue weighted by Crippen LogP contribution is 2.30. The lowest BCUT2D eigenvalue weighted by atomic mass is 9.96. The lowest BCUT2D eigenvalue weighted by Crippen LogP contribution is -2.45. The fourth-order valence-electron chi connectivity index (χ4n) is 5.41. The Balaban J connectivity index is 1.18. The number of ether oxygens (including phenoxy) is 2. The summed E-state index contributed by atoms with van der Waals surface area (Å²) in [5.74, 6) is 1.57. The van der Waals surface area contributed by atoms with Crippen LogP contribution in [0, 0.1) is 0 Å². The molecule has 1 fully saturated rings. The quantitative estimate of drug-likeness (QED) is 0.246. The molecule has 2 amide bonds.